The highest BCUT2D eigenvalue weighted by Gasteiger charge is 2.18. The van der Waals surface area contributed by atoms with E-state index >= 15 is 0 Å². The van der Waals surface area contributed by atoms with Gasteiger partial charge in [0.2, 0.25) is 5.88 Å². The van der Waals surface area contributed by atoms with E-state index in [1.807, 2.05) is 31.2 Å². The number of hydrogen-bond acceptors (Lipinski definition) is 7. The van der Waals surface area contributed by atoms with Gasteiger partial charge >= 0.3 is 5.97 Å². The summed E-state index contributed by atoms with van der Waals surface area (Å²) >= 11 is 1.49. The topological polar surface area (TPSA) is 93.9 Å². The molecule has 3 aromatic rings. The largest absolute Gasteiger partial charge is 0.476 e. The van der Waals surface area contributed by atoms with Crippen molar-refractivity contribution < 1.29 is 19.5 Å². The highest BCUT2D eigenvalue weighted by Crippen LogP contribution is 2.31. The molecule has 3 rings (SSSR count). The number of oxime groups is 1. The van der Waals surface area contributed by atoms with E-state index in [2.05, 4.69) is 20.0 Å². The van der Waals surface area contributed by atoms with E-state index in [1.165, 1.54) is 18.4 Å². The van der Waals surface area contributed by atoms with E-state index in [9.17, 15) is 9.90 Å². The maximum absolute atomic E-state index is 11.5. The number of hydrogen-bond donors (Lipinski definition) is 1. The number of pyridine rings is 1. The molecule has 0 radical (unpaired) electrons. The van der Waals surface area contributed by atoms with Gasteiger partial charge in [0.05, 0.1) is 10.6 Å². The van der Waals surface area contributed by atoms with Crippen LogP contribution in [0.3, 0.4) is 0 Å². The molecular weight excluding hydrogens is 366 g/mol. The molecule has 0 fully saturated rings. The van der Waals surface area contributed by atoms with Crippen LogP contribution in [0.15, 0.2) is 53.8 Å². The summed E-state index contributed by atoms with van der Waals surface area (Å²) in [6, 6.07) is 12.6. The summed E-state index contributed by atoms with van der Waals surface area (Å²) in [6.07, 6.45) is 1.71. The lowest BCUT2D eigenvalue weighted by Gasteiger charge is -2.10. The normalized spacial score (nSPS) is 11.3. The molecule has 0 aliphatic heterocycles. The molecule has 0 atom stereocenters. The molecule has 0 spiro atoms. The molecule has 1 N–H and O–H groups in total. The van der Waals surface area contributed by atoms with Crippen LogP contribution >= 0.6 is 11.3 Å². The number of thiazole rings is 1. The van der Waals surface area contributed by atoms with Crippen LogP contribution in [0, 0.1) is 6.92 Å². The van der Waals surface area contributed by atoms with Crippen LogP contribution in [-0.2, 0) is 16.2 Å². The fraction of sp³-hybridized carbons (Fsp3) is 0.158. The Labute approximate surface area is 159 Å². The molecule has 8 heteroatoms. The van der Waals surface area contributed by atoms with Crippen molar-refractivity contribution in [3.8, 4) is 16.6 Å². The molecule has 0 aliphatic rings. The number of nitrogens with zero attached hydrogens (tertiary/aromatic N) is 3. The molecule has 0 saturated heterocycles. The van der Waals surface area contributed by atoms with E-state index < -0.39 is 5.97 Å². The highest BCUT2D eigenvalue weighted by molar-refractivity contribution is 7.15. The highest BCUT2D eigenvalue weighted by atomic mass is 32.1. The monoisotopic (exact) mass is 383 g/mol. The predicted octanol–water partition coefficient (Wildman–Crippen LogP) is 3.53. The second kappa shape index (κ2) is 8.41. The minimum Gasteiger partial charge on any atom is -0.476 e. The first-order chi connectivity index (χ1) is 13.1. The van der Waals surface area contributed by atoms with E-state index in [0.717, 1.165) is 15.6 Å². The van der Waals surface area contributed by atoms with Crippen molar-refractivity contribution in [1.82, 2.24) is 9.97 Å². The lowest BCUT2D eigenvalue weighted by atomic mass is 10.0. The maximum Gasteiger partial charge on any atom is 0.358 e. The van der Waals surface area contributed by atoms with Crippen molar-refractivity contribution in [3.05, 3.63) is 64.7 Å². The molecule has 1 aromatic carbocycles. The Morgan fingerprint density at radius 2 is 2.00 bits per heavy atom. The van der Waals surface area contributed by atoms with Gasteiger partial charge < -0.3 is 14.7 Å². The predicted molar refractivity (Wildman–Crippen MR) is 102 cm³/mol. The second-order valence-electron chi connectivity index (χ2n) is 5.47. The van der Waals surface area contributed by atoms with Gasteiger partial charge in [0.15, 0.2) is 5.71 Å². The quantitative estimate of drug-likeness (QED) is 0.495. The summed E-state index contributed by atoms with van der Waals surface area (Å²) in [5, 5.41) is 13.7. The molecular formula is C19H17N3O4S. The Morgan fingerprint density at radius 3 is 2.70 bits per heavy atom. The Kier molecular flexibility index (Phi) is 5.77. The SMILES string of the molecule is CON=C(C(=O)O)c1ccccc1COc1nc(-c2ccccn2)sc1C. The van der Waals surface area contributed by atoms with Crippen LogP contribution < -0.4 is 4.74 Å². The standard InChI is InChI=1S/C19H17N3O4S/c1-12-17(21-18(27-12)15-9-5-6-10-20-15)26-11-13-7-3-4-8-14(13)16(19(23)24)22-25-2/h3-10H,11H2,1-2H3,(H,23,24). The number of aromatic nitrogens is 2. The van der Waals surface area contributed by atoms with E-state index in [0.29, 0.717) is 17.0 Å². The summed E-state index contributed by atoms with van der Waals surface area (Å²) in [6.45, 7) is 2.07. The van der Waals surface area contributed by atoms with Gasteiger partial charge in [-0.25, -0.2) is 4.79 Å². The van der Waals surface area contributed by atoms with Crippen molar-refractivity contribution >= 4 is 23.0 Å². The van der Waals surface area contributed by atoms with E-state index in [4.69, 9.17) is 4.74 Å². The fourth-order valence-electron chi connectivity index (χ4n) is 2.43. The van der Waals surface area contributed by atoms with Gasteiger partial charge in [-0.05, 0) is 24.6 Å². The minimum absolute atomic E-state index is 0.151. The molecule has 27 heavy (non-hydrogen) atoms. The van der Waals surface area contributed by atoms with E-state index in [1.54, 1.807) is 24.4 Å². The van der Waals surface area contributed by atoms with Gasteiger partial charge in [0.25, 0.3) is 0 Å². The van der Waals surface area contributed by atoms with Crippen molar-refractivity contribution in [2.75, 3.05) is 7.11 Å². The molecule has 7 nitrogen and oxygen atoms in total. The number of carbonyl (C=O) groups is 1. The van der Waals surface area contributed by atoms with Gasteiger partial charge in [-0.15, -0.1) is 11.3 Å². The molecule has 138 valence electrons. The Balaban J connectivity index is 1.83. The zero-order chi connectivity index (χ0) is 19.2. The Morgan fingerprint density at radius 1 is 1.22 bits per heavy atom. The molecule has 0 aliphatic carbocycles. The lowest BCUT2D eigenvalue weighted by molar-refractivity contribution is -0.129. The van der Waals surface area contributed by atoms with Crippen LogP contribution in [0.4, 0.5) is 0 Å². The first kappa shape index (κ1) is 18.5. The van der Waals surface area contributed by atoms with Crippen molar-refractivity contribution in [2.24, 2.45) is 5.16 Å². The third-order valence-electron chi connectivity index (χ3n) is 3.66. The van der Waals surface area contributed by atoms with Crippen molar-refractivity contribution in [1.29, 1.82) is 0 Å². The van der Waals surface area contributed by atoms with Crippen LogP contribution in [0.25, 0.3) is 10.7 Å². The van der Waals surface area contributed by atoms with Gasteiger partial charge in [-0.3, -0.25) is 4.98 Å². The van der Waals surface area contributed by atoms with Crippen LogP contribution in [0.2, 0.25) is 0 Å². The number of rotatable bonds is 7. The maximum atomic E-state index is 11.5. The summed E-state index contributed by atoms with van der Waals surface area (Å²) in [4.78, 5) is 25.8. The van der Waals surface area contributed by atoms with Gasteiger partial charge in [-0.1, -0.05) is 35.5 Å². The Hall–Kier alpha value is -3.26. The number of ether oxygens (including phenoxy) is 1. The molecule has 2 heterocycles. The van der Waals surface area contributed by atoms with E-state index in [-0.39, 0.29) is 12.3 Å². The Bertz CT molecular complexity index is 970. The zero-order valence-electron chi connectivity index (χ0n) is 14.7. The number of aryl methyl sites for hydroxylation is 1. The van der Waals surface area contributed by atoms with Gasteiger partial charge in [0, 0.05) is 11.8 Å². The number of carboxylic acids is 1. The van der Waals surface area contributed by atoms with Gasteiger partial charge in [0.1, 0.15) is 18.7 Å². The average molecular weight is 383 g/mol. The fourth-order valence-corrected chi connectivity index (χ4v) is 3.27. The van der Waals surface area contributed by atoms with Crippen LogP contribution in [0.1, 0.15) is 16.0 Å². The summed E-state index contributed by atoms with van der Waals surface area (Å²) in [5.41, 5.74) is 1.70. The molecule has 2 aromatic heterocycles. The first-order valence-corrected chi connectivity index (χ1v) is 8.86. The number of benzene rings is 1. The van der Waals surface area contributed by atoms with Gasteiger partial charge in [-0.2, -0.15) is 4.98 Å². The second-order valence-corrected chi connectivity index (χ2v) is 6.67. The summed E-state index contributed by atoms with van der Waals surface area (Å²) in [5.74, 6) is -0.678. The number of carboxylic acid groups (broad SMARTS) is 1. The molecule has 0 bridgehead atoms. The molecule has 0 amide bonds. The summed E-state index contributed by atoms with van der Waals surface area (Å²) < 4.78 is 5.86. The van der Waals surface area contributed by atoms with Crippen molar-refractivity contribution in [3.63, 3.8) is 0 Å². The van der Waals surface area contributed by atoms with Crippen LogP contribution in [-0.4, -0.2) is 33.9 Å². The zero-order valence-corrected chi connectivity index (χ0v) is 15.6. The lowest BCUT2D eigenvalue weighted by Crippen LogP contribution is -2.17. The van der Waals surface area contributed by atoms with Crippen molar-refractivity contribution in [2.45, 2.75) is 13.5 Å². The molecule has 0 saturated carbocycles. The minimum atomic E-state index is -1.17. The third kappa shape index (κ3) is 4.29. The molecule has 0 unspecified atom stereocenters. The average Bonchev–Trinajstić information content (AvgIpc) is 3.06. The van der Waals surface area contributed by atoms with Crippen LogP contribution in [0.5, 0.6) is 5.88 Å². The first-order valence-electron chi connectivity index (χ1n) is 8.04. The third-order valence-corrected chi connectivity index (χ3v) is 4.63. The smallest absolute Gasteiger partial charge is 0.358 e. The summed E-state index contributed by atoms with van der Waals surface area (Å²) in [7, 11) is 1.31. The number of aliphatic carboxylic acids is 1.